The van der Waals surface area contributed by atoms with Crippen LogP contribution < -0.4 is 14.4 Å². The van der Waals surface area contributed by atoms with Gasteiger partial charge in [-0.25, -0.2) is 14.4 Å². The first-order valence-electron chi connectivity index (χ1n) is 11.4. The molecule has 0 aliphatic carbocycles. The largest absolute Gasteiger partial charge is 0.478 e. The van der Waals surface area contributed by atoms with Crippen molar-refractivity contribution in [3.8, 4) is 23.0 Å². The Kier molecular flexibility index (Phi) is 8.32. The lowest BCUT2D eigenvalue weighted by molar-refractivity contribution is -0.384. The van der Waals surface area contributed by atoms with Gasteiger partial charge in [-0.2, -0.15) is 4.89 Å². The summed E-state index contributed by atoms with van der Waals surface area (Å²) in [5.74, 6) is -2.27. The number of nitrogens with zero attached hydrogens (tertiary/aromatic N) is 1. The van der Waals surface area contributed by atoms with Gasteiger partial charge in [0, 0.05) is 12.1 Å². The molecule has 0 aromatic heterocycles. The maximum absolute atomic E-state index is 12.5. The highest BCUT2D eigenvalue weighted by Gasteiger charge is 2.22. The lowest BCUT2D eigenvalue weighted by Gasteiger charge is -2.10. The van der Waals surface area contributed by atoms with Crippen LogP contribution in [0.1, 0.15) is 36.6 Å². The molecule has 4 aromatic carbocycles. The van der Waals surface area contributed by atoms with E-state index in [9.17, 15) is 34.7 Å². The zero-order chi connectivity index (χ0) is 28.6. The van der Waals surface area contributed by atoms with Gasteiger partial charge in [0.1, 0.15) is 23.9 Å². The maximum Gasteiger partial charge on any atom is 0.344 e. The number of esters is 1. The lowest BCUT2D eigenvalue weighted by atomic mass is 10.1. The maximum atomic E-state index is 12.5. The summed E-state index contributed by atoms with van der Waals surface area (Å²) in [6, 6.07) is 21.5. The zero-order valence-corrected chi connectivity index (χ0v) is 20.4. The fraction of sp³-hybridized carbons (Fsp3) is 0.0357. The van der Waals surface area contributed by atoms with Crippen molar-refractivity contribution in [2.24, 2.45) is 0 Å². The van der Waals surface area contributed by atoms with Gasteiger partial charge in [0.05, 0.1) is 21.6 Å². The predicted molar refractivity (Wildman–Crippen MR) is 137 cm³/mol. The van der Waals surface area contributed by atoms with Crippen LogP contribution in [0.15, 0.2) is 91.0 Å². The minimum atomic E-state index is -1.51. The Morgan fingerprint density at radius 2 is 1.27 bits per heavy atom. The molecule has 0 unspecified atom stereocenters. The molecule has 12 nitrogen and oxygen atoms in total. The summed E-state index contributed by atoms with van der Waals surface area (Å²) in [4.78, 5) is 55.7. The van der Waals surface area contributed by atoms with E-state index >= 15 is 0 Å². The van der Waals surface area contributed by atoms with Gasteiger partial charge in [-0.3, -0.25) is 10.1 Å². The van der Waals surface area contributed by atoms with Gasteiger partial charge in [0.2, 0.25) is 0 Å². The fourth-order valence-electron chi connectivity index (χ4n) is 3.45. The first kappa shape index (κ1) is 27.3. The summed E-state index contributed by atoms with van der Waals surface area (Å²) < 4.78 is 10.9. The Morgan fingerprint density at radius 1 is 0.700 bits per heavy atom. The van der Waals surface area contributed by atoms with Crippen LogP contribution in [0, 0.1) is 10.1 Å². The number of nitro groups is 1. The van der Waals surface area contributed by atoms with Crippen molar-refractivity contribution >= 4 is 23.6 Å². The van der Waals surface area contributed by atoms with E-state index in [1.165, 1.54) is 30.3 Å². The number of carbonyl (C=O) groups is 3. The summed E-state index contributed by atoms with van der Waals surface area (Å²) in [5, 5.41) is 29.4. The predicted octanol–water partition coefficient (Wildman–Crippen LogP) is 5.51. The highest BCUT2D eigenvalue weighted by atomic mass is 17.2. The quantitative estimate of drug-likeness (QED) is 0.0800. The van der Waals surface area contributed by atoms with Gasteiger partial charge in [0.15, 0.2) is 5.75 Å². The monoisotopic (exact) mass is 545 g/mol. The van der Waals surface area contributed by atoms with Gasteiger partial charge >= 0.3 is 17.9 Å². The highest BCUT2D eigenvalue weighted by Crippen LogP contribution is 2.27. The molecule has 202 valence electrons. The van der Waals surface area contributed by atoms with E-state index in [1.807, 2.05) is 0 Å². The molecule has 0 bridgehead atoms. The molecule has 12 heteroatoms. The van der Waals surface area contributed by atoms with Gasteiger partial charge in [-0.1, -0.05) is 18.2 Å². The van der Waals surface area contributed by atoms with E-state index in [0.29, 0.717) is 22.8 Å². The number of benzene rings is 4. The van der Waals surface area contributed by atoms with Crippen molar-refractivity contribution in [2.75, 3.05) is 0 Å². The molecule has 0 spiro atoms. The first-order valence-corrected chi connectivity index (χ1v) is 11.4. The number of carbonyl (C=O) groups excluding carboxylic acids is 1. The molecule has 0 heterocycles. The van der Waals surface area contributed by atoms with Gasteiger partial charge in [-0.05, 0) is 66.2 Å². The zero-order valence-electron chi connectivity index (χ0n) is 20.4. The molecule has 0 atom stereocenters. The van der Waals surface area contributed by atoms with Crippen LogP contribution in [0.5, 0.6) is 23.0 Å². The van der Waals surface area contributed by atoms with Crippen LogP contribution >= 0.6 is 0 Å². The van der Waals surface area contributed by atoms with Crippen molar-refractivity contribution in [2.45, 2.75) is 6.61 Å². The number of rotatable bonds is 11. The van der Waals surface area contributed by atoms with Crippen molar-refractivity contribution < 1.29 is 48.8 Å². The standard InChI is InChI=1S/C28H19NO11/c30-26(31)23-4-2-1-3-17(23)16-37-40-22-12-10-20(11-13-22)38-19-6-8-21(9-7-19)39-28(34)24-14-5-18(29(35)36)15-25(24)27(32)33/h1-15H,16H2,(H,30,31)(H,32,33). The number of ether oxygens (including phenoxy) is 2. The minimum absolute atomic E-state index is 0.0700. The molecule has 40 heavy (non-hydrogen) atoms. The van der Waals surface area contributed by atoms with Crippen LogP contribution in [0.4, 0.5) is 5.69 Å². The van der Waals surface area contributed by atoms with Crippen molar-refractivity contribution in [1.82, 2.24) is 0 Å². The molecular weight excluding hydrogens is 526 g/mol. The van der Waals surface area contributed by atoms with Crippen molar-refractivity contribution in [1.29, 1.82) is 0 Å². The third-order valence-electron chi connectivity index (χ3n) is 5.38. The molecule has 0 aliphatic rings. The lowest BCUT2D eigenvalue weighted by Crippen LogP contribution is -2.14. The van der Waals surface area contributed by atoms with E-state index in [0.717, 1.165) is 18.2 Å². The number of aromatic carboxylic acids is 2. The fourth-order valence-corrected chi connectivity index (χ4v) is 3.45. The molecule has 0 fully saturated rings. The Hall–Kier alpha value is -5.75. The second-order valence-electron chi connectivity index (χ2n) is 8.03. The van der Waals surface area contributed by atoms with E-state index in [-0.39, 0.29) is 23.5 Å². The summed E-state index contributed by atoms with van der Waals surface area (Å²) in [7, 11) is 0. The second-order valence-corrected chi connectivity index (χ2v) is 8.03. The second kappa shape index (κ2) is 12.2. The highest BCUT2D eigenvalue weighted by molar-refractivity contribution is 6.03. The number of carboxylic acid groups (broad SMARTS) is 2. The number of hydrogen-bond acceptors (Lipinski definition) is 9. The number of carboxylic acids is 2. The topological polar surface area (TPSA) is 172 Å². The van der Waals surface area contributed by atoms with E-state index in [2.05, 4.69) is 0 Å². The van der Waals surface area contributed by atoms with Gasteiger partial charge in [-0.15, -0.1) is 0 Å². The smallest absolute Gasteiger partial charge is 0.344 e. The average molecular weight is 545 g/mol. The Labute approximate surface area is 225 Å². The molecule has 0 aliphatic heterocycles. The van der Waals surface area contributed by atoms with Crippen LogP contribution in [0.2, 0.25) is 0 Å². The molecule has 2 N–H and O–H groups in total. The molecule has 4 aromatic rings. The van der Waals surface area contributed by atoms with Crippen molar-refractivity contribution in [3.05, 3.63) is 123 Å². The Bertz CT molecular complexity index is 1560. The summed E-state index contributed by atoms with van der Waals surface area (Å²) in [6.45, 7) is -0.0700. The summed E-state index contributed by atoms with van der Waals surface area (Å²) in [5.41, 5.74) is -0.784. The summed E-state index contributed by atoms with van der Waals surface area (Å²) in [6.07, 6.45) is 0. The number of hydrogen-bond donors (Lipinski definition) is 2. The van der Waals surface area contributed by atoms with E-state index < -0.39 is 34.1 Å². The van der Waals surface area contributed by atoms with Crippen LogP contribution in [-0.2, 0) is 11.5 Å². The normalized spacial score (nSPS) is 10.4. The third-order valence-corrected chi connectivity index (χ3v) is 5.38. The first-order chi connectivity index (χ1) is 19.2. The number of nitro benzene ring substituents is 1. The van der Waals surface area contributed by atoms with Crippen molar-refractivity contribution in [3.63, 3.8) is 0 Å². The van der Waals surface area contributed by atoms with E-state index in [1.54, 1.807) is 42.5 Å². The molecule has 0 saturated heterocycles. The average Bonchev–Trinajstić information content (AvgIpc) is 2.94. The molecule has 0 amide bonds. The molecular formula is C28H19NO11. The third kappa shape index (κ3) is 6.76. The SMILES string of the molecule is O=C(O)c1ccccc1COOc1ccc(Oc2ccc(OC(=O)c3ccc([N+](=O)[O-])cc3C(=O)O)cc2)cc1. The molecule has 0 radical (unpaired) electrons. The Balaban J connectivity index is 1.32. The van der Waals surface area contributed by atoms with Gasteiger partial charge in [0.25, 0.3) is 5.69 Å². The van der Waals surface area contributed by atoms with Crippen LogP contribution in [-0.4, -0.2) is 33.0 Å². The Morgan fingerprint density at radius 3 is 1.88 bits per heavy atom. The van der Waals surface area contributed by atoms with Crippen LogP contribution in [0.25, 0.3) is 0 Å². The van der Waals surface area contributed by atoms with Crippen LogP contribution in [0.3, 0.4) is 0 Å². The minimum Gasteiger partial charge on any atom is -0.478 e. The summed E-state index contributed by atoms with van der Waals surface area (Å²) >= 11 is 0. The van der Waals surface area contributed by atoms with E-state index in [4.69, 9.17) is 19.2 Å². The molecule has 4 rings (SSSR count). The molecule has 0 saturated carbocycles. The number of non-ortho nitro benzene ring substituents is 1. The van der Waals surface area contributed by atoms with Gasteiger partial charge < -0.3 is 24.6 Å².